The Kier molecular flexibility index (Phi) is 5.56. The molecular formula is C20H18ClN5O3S. The van der Waals surface area contributed by atoms with Gasteiger partial charge in [0.25, 0.3) is 5.91 Å². The zero-order chi connectivity index (χ0) is 21.3. The van der Waals surface area contributed by atoms with E-state index < -0.39 is 5.91 Å². The Morgan fingerprint density at radius 2 is 2.20 bits per heavy atom. The number of nitrogens with zero attached hydrogens (tertiary/aromatic N) is 4. The molecule has 4 rings (SSSR count). The second-order valence-corrected chi connectivity index (χ2v) is 7.87. The molecule has 0 unspecified atom stereocenters. The van der Waals surface area contributed by atoms with Gasteiger partial charge in [-0.15, -0.1) is 11.3 Å². The molecule has 0 aliphatic rings. The van der Waals surface area contributed by atoms with Gasteiger partial charge in [0.2, 0.25) is 0 Å². The molecule has 0 radical (unpaired) electrons. The maximum absolute atomic E-state index is 12.8. The Morgan fingerprint density at radius 1 is 1.37 bits per heavy atom. The molecule has 154 valence electrons. The Morgan fingerprint density at radius 3 is 2.93 bits per heavy atom. The molecule has 0 aliphatic heterocycles. The smallest absolute Gasteiger partial charge is 0.280 e. The van der Waals surface area contributed by atoms with Crippen LogP contribution in [0.25, 0.3) is 11.3 Å². The predicted octanol–water partition coefficient (Wildman–Crippen LogP) is 4.63. The van der Waals surface area contributed by atoms with Crippen molar-refractivity contribution in [2.45, 2.75) is 20.5 Å². The van der Waals surface area contributed by atoms with Crippen molar-refractivity contribution >= 4 is 34.0 Å². The minimum atomic E-state index is -0.416. The van der Waals surface area contributed by atoms with Crippen molar-refractivity contribution < 1.29 is 14.1 Å². The van der Waals surface area contributed by atoms with E-state index in [0.29, 0.717) is 27.2 Å². The van der Waals surface area contributed by atoms with Crippen LogP contribution in [0, 0.1) is 13.8 Å². The van der Waals surface area contributed by atoms with Gasteiger partial charge in [-0.2, -0.15) is 5.10 Å². The summed E-state index contributed by atoms with van der Waals surface area (Å²) in [4.78, 5) is 17.3. The summed E-state index contributed by atoms with van der Waals surface area (Å²) in [5.74, 6) is 0.680. The Labute approximate surface area is 181 Å². The minimum absolute atomic E-state index is 0.121. The normalized spacial score (nSPS) is 10.9. The van der Waals surface area contributed by atoms with Crippen LogP contribution in [-0.2, 0) is 13.7 Å². The van der Waals surface area contributed by atoms with Crippen molar-refractivity contribution in [1.29, 1.82) is 0 Å². The lowest BCUT2D eigenvalue weighted by molar-refractivity contribution is 0.101. The molecule has 0 saturated heterocycles. The second kappa shape index (κ2) is 8.29. The number of halogens is 1. The summed E-state index contributed by atoms with van der Waals surface area (Å²) in [6.07, 6.45) is 1.75. The fraction of sp³-hybridized carbons (Fsp3) is 0.200. The van der Waals surface area contributed by atoms with Gasteiger partial charge >= 0.3 is 0 Å². The van der Waals surface area contributed by atoms with Crippen molar-refractivity contribution in [2.24, 2.45) is 7.05 Å². The van der Waals surface area contributed by atoms with Crippen molar-refractivity contribution in [2.75, 3.05) is 5.32 Å². The standard InChI is InChI=1S/C20H18ClN5O3S/c1-11-15(8-22-26(11)3)17-10-30-20(23-17)24-19(27)18-16(12(2)29-25-18)9-28-14-6-4-5-13(21)7-14/h4-8,10H,9H2,1-3H3,(H,23,24,27). The molecule has 0 bridgehead atoms. The predicted molar refractivity (Wildman–Crippen MR) is 114 cm³/mol. The molecule has 10 heteroatoms. The number of aryl methyl sites for hydroxylation is 2. The van der Waals surface area contributed by atoms with Gasteiger partial charge in [0.15, 0.2) is 10.8 Å². The number of aromatic nitrogens is 4. The maximum atomic E-state index is 12.8. The monoisotopic (exact) mass is 443 g/mol. The zero-order valence-corrected chi connectivity index (χ0v) is 18.0. The average molecular weight is 444 g/mol. The SMILES string of the molecule is Cc1onc(C(=O)Nc2nc(-c3cnn(C)c3C)cs2)c1COc1cccc(Cl)c1. The van der Waals surface area contributed by atoms with E-state index in [-0.39, 0.29) is 12.3 Å². The number of ether oxygens (including phenoxy) is 1. The Hall–Kier alpha value is -3.17. The van der Waals surface area contributed by atoms with Crippen LogP contribution < -0.4 is 10.1 Å². The molecule has 0 fully saturated rings. The minimum Gasteiger partial charge on any atom is -0.489 e. The van der Waals surface area contributed by atoms with Crippen LogP contribution >= 0.6 is 22.9 Å². The van der Waals surface area contributed by atoms with E-state index in [9.17, 15) is 4.79 Å². The summed E-state index contributed by atoms with van der Waals surface area (Å²) in [6, 6.07) is 7.02. The molecule has 3 aromatic heterocycles. The Balaban J connectivity index is 1.49. The van der Waals surface area contributed by atoms with Crippen LogP contribution in [0.4, 0.5) is 5.13 Å². The molecular weight excluding hydrogens is 426 g/mol. The number of carbonyl (C=O) groups excluding carboxylic acids is 1. The van der Waals surface area contributed by atoms with Crippen molar-refractivity contribution in [3.05, 3.63) is 63.6 Å². The highest BCUT2D eigenvalue weighted by atomic mass is 35.5. The topological polar surface area (TPSA) is 95.1 Å². The Bertz CT molecular complexity index is 1210. The molecule has 1 N–H and O–H groups in total. The lowest BCUT2D eigenvalue weighted by Crippen LogP contribution is -2.15. The van der Waals surface area contributed by atoms with E-state index in [0.717, 1.165) is 17.0 Å². The summed E-state index contributed by atoms with van der Waals surface area (Å²) in [5, 5.41) is 13.8. The summed E-state index contributed by atoms with van der Waals surface area (Å²) in [6.45, 7) is 3.81. The van der Waals surface area contributed by atoms with Crippen LogP contribution in [-0.4, -0.2) is 25.8 Å². The molecule has 0 spiro atoms. The number of thiazole rings is 1. The molecule has 8 nitrogen and oxygen atoms in total. The molecule has 1 amide bonds. The fourth-order valence-corrected chi connectivity index (χ4v) is 3.70. The molecule has 3 heterocycles. The van der Waals surface area contributed by atoms with Gasteiger partial charge in [0, 0.05) is 28.7 Å². The van der Waals surface area contributed by atoms with Crippen LogP contribution in [0.1, 0.15) is 27.5 Å². The number of nitrogens with one attached hydrogen (secondary N) is 1. The van der Waals surface area contributed by atoms with Crippen molar-refractivity contribution in [3.63, 3.8) is 0 Å². The molecule has 0 aliphatic carbocycles. The number of anilines is 1. The highest BCUT2D eigenvalue weighted by molar-refractivity contribution is 7.14. The summed E-state index contributed by atoms with van der Waals surface area (Å²) in [5.41, 5.74) is 3.38. The van der Waals surface area contributed by atoms with E-state index >= 15 is 0 Å². The van der Waals surface area contributed by atoms with Gasteiger partial charge in [0.1, 0.15) is 18.1 Å². The lowest BCUT2D eigenvalue weighted by atomic mass is 10.2. The van der Waals surface area contributed by atoms with Crippen molar-refractivity contribution in [1.82, 2.24) is 19.9 Å². The summed E-state index contributed by atoms with van der Waals surface area (Å²) < 4.78 is 12.7. The number of amides is 1. The van der Waals surface area contributed by atoms with Gasteiger partial charge in [-0.25, -0.2) is 4.98 Å². The van der Waals surface area contributed by atoms with Gasteiger partial charge in [-0.3, -0.25) is 14.8 Å². The third-order valence-corrected chi connectivity index (χ3v) is 5.61. The molecule has 0 atom stereocenters. The van der Waals surface area contributed by atoms with E-state index in [2.05, 4.69) is 20.6 Å². The molecule has 4 aromatic rings. The first kappa shape index (κ1) is 20.1. The van der Waals surface area contributed by atoms with Gasteiger partial charge in [-0.1, -0.05) is 22.8 Å². The van der Waals surface area contributed by atoms with Crippen LogP contribution in [0.2, 0.25) is 5.02 Å². The highest BCUT2D eigenvalue weighted by Crippen LogP contribution is 2.28. The first-order chi connectivity index (χ1) is 14.4. The lowest BCUT2D eigenvalue weighted by Gasteiger charge is -2.07. The largest absolute Gasteiger partial charge is 0.489 e. The summed E-state index contributed by atoms with van der Waals surface area (Å²) in [7, 11) is 1.87. The third-order valence-electron chi connectivity index (χ3n) is 4.61. The highest BCUT2D eigenvalue weighted by Gasteiger charge is 2.22. The number of carbonyl (C=O) groups is 1. The van der Waals surface area contributed by atoms with Crippen molar-refractivity contribution in [3.8, 4) is 17.0 Å². The maximum Gasteiger partial charge on any atom is 0.280 e. The first-order valence-electron chi connectivity index (χ1n) is 9.01. The second-order valence-electron chi connectivity index (χ2n) is 6.57. The molecule has 30 heavy (non-hydrogen) atoms. The van der Waals surface area contributed by atoms with Gasteiger partial charge in [-0.05, 0) is 32.0 Å². The number of hydrogen-bond acceptors (Lipinski definition) is 7. The summed E-state index contributed by atoms with van der Waals surface area (Å²) >= 11 is 7.31. The molecule has 1 aromatic carbocycles. The van der Waals surface area contributed by atoms with Gasteiger partial charge in [0.05, 0.1) is 17.5 Å². The van der Waals surface area contributed by atoms with Crippen LogP contribution in [0.3, 0.4) is 0 Å². The number of hydrogen-bond donors (Lipinski definition) is 1. The number of benzene rings is 1. The molecule has 0 saturated carbocycles. The quantitative estimate of drug-likeness (QED) is 0.466. The van der Waals surface area contributed by atoms with Crippen LogP contribution in [0.5, 0.6) is 5.75 Å². The average Bonchev–Trinajstić information content (AvgIpc) is 3.41. The first-order valence-corrected chi connectivity index (χ1v) is 10.3. The fourth-order valence-electron chi connectivity index (χ4n) is 2.81. The zero-order valence-electron chi connectivity index (χ0n) is 16.5. The van der Waals surface area contributed by atoms with E-state index in [1.54, 1.807) is 42.1 Å². The van der Waals surface area contributed by atoms with Crippen LogP contribution in [0.15, 0.2) is 40.4 Å². The van der Waals surface area contributed by atoms with E-state index in [1.807, 2.05) is 19.4 Å². The number of rotatable bonds is 6. The van der Waals surface area contributed by atoms with E-state index in [1.165, 1.54) is 11.3 Å². The van der Waals surface area contributed by atoms with Gasteiger partial charge < -0.3 is 9.26 Å². The van der Waals surface area contributed by atoms with E-state index in [4.69, 9.17) is 20.9 Å². The third kappa shape index (κ3) is 4.07.